The molecule has 4 heteroatoms. The van der Waals surface area contributed by atoms with Gasteiger partial charge in [-0.1, -0.05) is 30.3 Å². The Balaban J connectivity index is 3.25. The quantitative estimate of drug-likeness (QED) is 0.628. The van der Waals surface area contributed by atoms with E-state index in [0.29, 0.717) is 5.70 Å². The molecule has 0 radical (unpaired) electrons. The summed E-state index contributed by atoms with van der Waals surface area (Å²) in [5, 5.41) is 7.30. The fourth-order valence-electron chi connectivity index (χ4n) is 1.97. The Bertz CT molecular complexity index is 473. The molecule has 0 fully saturated rings. The van der Waals surface area contributed by atoms with Gasteiger partial charge in [-0.25, -0.2) is 0 Å². The van der Waals surface area contributed by atoms with E-state index in [4.69, 9.17) is 10.8 Å². The van der Waals surface area contributed by atoms with Gasteiger partial charge >= 0.3 is 5.97 Å². The Morgan fingerprint density at radius 3 is 2.17 bits per heavy atom. The molecule has 1 unspecified atom stereocenters. The number of allylic oxidation sites excluding steroid dienone is 1. The van der Waals surface area contributed by atoms with Crippen molar-refractivity contribution >= 4 is 11.8 Å². The maximum Gasteiger partial charge on any atom is 0.547 e. The largest absolute Gasteiger partial charge is 0.561 e. The molecule has 4 nitrogen and oxygen atoms in total. The van der Waals surface area contributed by atoms with Crippen molar-refractivity contribution in [2.75, 3.05) is 0 Å². The third-order valence-electron chi connectivity index (χ3n) is 2.71. The third kappa shape index (κ3) is 3.45. The van der Waals surface area contributed by atoms with Gasteiger partial charge in [0.25, 0.3) is 0 Å². The molecule has 1 atom stereocenters. The van der Waals surface area contributed by atoms with E-state index in [2.05, 4.69) is 0 Å². The van der Waals surface area contributed by atoms with Crippen molar-refractivity contribution in [3.8, 4) is 0 Å². The molecule has 1 rings (SSSR count). The fraction of sp³-hybridized carbons (Fsp3) is 0.286. The average Bonchev–Trinajstić information content (AvgIpc) is 2.27. The predicted molar refractivity (Wildman–Crippen MR) is 70.0 cm³/mol. The summed E-state index contributed by atoms with van der Waals surface area (Å²) in [6.45, 7) is 3.05. The van der Waals surface area contributed by atoms with Crippen LogP contribution in [0.5, 0.6) is 0 Å². The van der Waals surface area contributed by atoms with Crippen molar-refractivity contribution in [2.45, 2.75) is 26.2 Å². The van der Waals surface area contributed by atoms with E-state index in [1.165, 1.54) is 6.92 Å². The zero-order valence-electron chi connectivity index (χ0n) is 10.6. The van der Waals surface area contributed by atoms with E-state index in [0.717, 1.165) is 5.56 Å². The summed E-state index contributed by atoms with van der Waals surface area (Å²) in [6, 6.07) is 9.19. The Hall–Kier alpha value is -2.10. The number of benzene rings is 1. The van der Waals surface area contributed by atoms with Crippen LogP contribution in [0, 0.1) is 0 Å². The van der Waals surface area contributed by atoms with Gasteiger partial charge in [0.2, 0.25) is 0 Å². The fourth-order valence-corrected chi connectivity index (χ4v) is 1.97. The number of carbonyl (C=O) groups is 2. The van der Waals surface area contributed by atoms with Crippen LogP contribution in [-0.4, -0.2) is 16.9 Å². The lowest BCUT2D eigenvalue weighted by Gasteiger charge is -2.16. The summed E-state index contributed by atoms with van der Waals surface area (Å²) < 4.78 is 0. The molecular formula is C14H18NO3+. The molecule has 0 aliphatic heterocycles. The molecule has 4 N–H and O–H groups in total. The maximum atomic E-state index is 11.4. The monoisotopic (exact) mass is 248 g/mol. The van der Waals surface area contributed by atoms with Crippen LogP contribution in [-0.2, 0) is 9.59 Å². The molecule has 18 heavy (non-hydrogen) atoms. The number of Topliss-reactive ketones (excluding diaryl/α,β-unsaturated/α-hetero) is 1. The zero-order chi connectivity index (χ0) is 13.7. The number of hydrogen-bond acceptors (Lipinski definition) is 3. The summed E-state index contributed by atoms with van der Waals surface area (Å²) in [6.07, 6.45) is 0.179. The number of ketones is 1. The second-order valence-electron chi connectivity index (χ2n) is 4.30. The van der Waals surface area contributed by atoms with Crippen LogP contribution in [0.25, 0.3) is 0 Å². The minimum Gasteiger partial charge on any atom is -0.561 e. The van der Waals surface area contributed by atoms with Gasteiger partial charge in [-0.3, -0.25) is 4.79 Å². The molecular weight excluding hydrogens is 230 g/mol. The zero-order valence-corrected chi connectivity index (χ0v) is 10.6. The van der Waals surface area contributed by atoms with E-state index >= 15 is 0 Å². The molecule has 0 aliphatic rings. The molecule has 0 bridgehead atoms. The van der Waals surface area contributed by atoms with Gasteiger partial charge in [-0.15, -0.1) is 0 Å². The normalized spacial score (nSPS) is 13.7. The second-order valence-corrected chi connectivity index (χ2v) is 4.30. The maximum absolute atomic E-state index is 11.4. The van der Waals surface area contributed by atoms with Crippen molar-refractivity contribution < 1.29 is 14.7 Å². The topological polar surface area (TPSA) is 83.1 Å². The van der Waals surface area contributed by atoms with Crippen molar-refractivity contribution in [3.63, 3.8) is 0 Å². The molecule has 1 aromatic carbocycles. The number of nitrogens with two attached hydrogens (primary N) is 1. The average molecular weight is 248 g/mol. The summed E-state index contributed by atoms with van der Waals surface area (Å²) in [4.78, 5) is 22.7. The standard InChI is InChI=1S/C14H17NO3/c1-9(16)8-12(11-6-4-3-5-7-11)13(10(2)15)14(17)18/h3-7,12H,8,15H2,1-2H3,(H,17,18)/p+1/b13-10+. The molecule has 0 aliphatic carbocycles. The summed E-state index contributed by atoms with van der Waals surface area (Å²) in [5.41, 5.74) is 7.01. The highest BCUT2D eigenvalue weighted by Crippen LogP contribution is 2.29. The molecule has 0 saturated heterocycles. The van der Waals surface area contributed by atoms with Gasteiger partial charge in [0.1, 0.15) is 11.4 Å². The van der Waals surface area contributed by atoms with Crippen molar-refractivity contribution in [1.29, 1.82) is 0 Å². The third-order valence-corrected chi connectivity index (χ3v) is 2.71. The predicted octanol–water partition coefficient (Wildman–Crippen LogP) is 1.23. The Labute approximate surface area is 106 Å². The van der Waals surface area contributed by atoms with Gasteiger partial charge in [-0.05, 0) is 19.4 Å². The van der Waals surface area contributed by atoms with E-state index in [1.807, 2.05) is 30.3 Å². The van der Waals surface area contributed by atoms with Crippen molar-refractivity contribution in [2.24, 2.45) is 5.73 Å². The Morgan fingerprint density at radius 1 is 1.22 bits per heavy atom. The van der Waals surface area contributed by atoms with E-state index in [-0.39, 0.29) is 17.8 Å². The SMILES string of the molecule is CC(=O)CC(/C(C(=O)[OH2+])=C(/C)N)c1ccccc1. The van der Waals surface area contributed by atoms with E-state index in [9.17, 15) is 9.59 Å². The van der Waals surface area contributed by atoms with Crippen molar-refractivity contribution in [1.82, 2.24) is 0 Å². The first-order valence-corrected chi connectivity index (χ1v) is 5.70. The van der Waals surface area contributed by atoms with Gasteiger partial charge < -0.3 is 10.8 Å². The molecule has 0 saturated carbocycles. The van der Waals surface area contributed by atoms with Crippen LogP contribution in [0.1, 0.15) is 31.7 Å². The highest BCUT2D eigenvalue weighted by Gasteiger charge is 2.30. The first kappa shape index (κ1) is 14.0. The Kier molecular flexibility index (Phi) is 4.66. The lowest BCUT2D eigenvalue weighted by atomic mass is 9.86. The minimum absolute atomic E-state index is 0.0381. The van der Waals surface area contributed by atoms with Crippen LogP contribution in [0.3, 0.4) is 0 Å². The molecule has 1 aromatic rings. The van der Waals surface area contributed by atoms with Gasteiger partial charge in [0.05, 0.1) is 0 Å². The minimum atomic E-state index is -0.829. The lowest BCUT2D eigenvalue weighted by Crippen LogP contribution is -2.18. The lowest BCUT2D eigenvalue weighted by molar-refractivity contribution is -0.133. The van der Waals surface area contributed by atoms with Gasteiger partial charge in [0, 0.05) is 22.8 Å². The number of rotatable bonds is 5. The van der Waals surface area contributed by atoms with E-state index in [1.54, 1.807) is 6.92 Å². The highest BCUT2D eigenvalue weighted by atomic mass is 16.4. The van der Waals surface area contributed by atoms with Crippen LogP contribution in [0.2, 0.25) is 0 Å². The van der Waals surface area contributed by atoms with Crippen LogP contribution < -0.4 is 5.73 Å². The summed E-state index contributed by atoms with van der Waals surface area (Å²) in [7, 11) is 0. The van der Waals surface area contributed by atoms with Gasteiger partial charge in [0.15, 0.2) is 0 Å². The number of hydrogen-bond donors (Lipinski definition) is 1. The van der Waals surface area contributed by atoms with Gasteiger partial charge in [-0.2, -0.15) is 0 Å². The molecule has 96 valence electrons. The first-order chi connectivity index (χ1) is 8.43. The highest BCUT2D eigenvalue weighted by molar-refractivity contribution is 5.91. The second kappa shape index (κ2) is 6.00. The van der Waals surface area contributed by atoms with Crippen molar-refractivity contribution in [3.05, 3.63) is 47.2 Å². The van der Waals surface area contributed by atoms with Crippen LogP contribution in [0.4, 0.5) is 0 Å². The van der Waals surface area contributed by atoms with Crippen LogP contribution in [0.15, 0.2) is 41.6 Å². The summed E-state index contributed by atoms with van der Waals surface area (Å²) in [5.74, 6) is -1.30. The molecule has 0 amide bonds. The smallest absolute Gasteiger partial charge is 0.547 e. The Morgan fingerprint density at radius 2 is 1.78 bits per heavy atom. The van der Waals surface area contributed by atoms with E-state index < -0.39 is 11.9 Å². The summed E-state index contributed by atoms with van der Waals surface area (Å²) >= 11 is 0. The molecule has 0 heterocycles. The first-order valence-electron chi connectivity index (χ1n) is 5.70. The molecule has 0 spiro atoms. The van der Waals surface area contributed by atoms with Crippen LogP contribution >= 0.6 is 0 Å². The molecule has 0 aromatic heterocycles. The number of carbonyl (C=O) groups excluding carboxylic acids is 2.